The van der Waals surface area contributed by atoms with E-state index in [1.807, 2.05) is 60.7 Å². The molecule has 0 N–H and O–H groups in total. The summed E-state index contributed by atoms with van der Waals surface area (Å²) >= 11 is 0. The van der Waals surface area contributed by atoms with E-state index in [1.54, 1.807) is 11.1 Å². The molecule has 1 unspecified atom stereocenters. The highest BCUT2D eigenvalue weighted by molar-refractivity contribution is 5.76. The van der Waals surface area contributed by atoms with Crippen molar-refractivity contribution in [2.75, 3.05) is 19.7 Å². The van der Waals surface area contributed by atoms with Crippen molar-refractivity contribution in [3.63, 3.8) is 0 Å². The van der Waals surface area contributed by atoms with Crippen molar-refractivity contribution in [1.82, 2.24) is 14.5 Å². The molecule has 142 valence electrons. The topological polar surface area (TPSA) is 64.4 Å². The average Bonchev–Trinajstić information content (AvgIpc) is 2.76. The van der Waals surface area contributed by atoms with Gasteiger partial charge in [0.15, 0.2) is 0 Å². The van der Waals surface area contributed by atoms with Gasteiger partial charge in [0.05, 0.1) is 25.0 Å². The predicted octanol–water partition coefficient (Wildman–Crippen LogP) is 2.51. The van der Waals surface area contributed by atoms with E-state index in [1.165, 1.54) is 10.8 Å². The number of carbonyl (C=O) groups is 1. The van der Waals surface area contributed by atoms with Crippen molar-refractivity contribution in [3.8, 4) is 11.3 Å². The molecule has 0 radical (unpaired) electrons. The lowest BCUT2D eigenvalue weighted by atomic mass is 10.1. The van der Waals surface area contributed by atoms with Crippen LogP contribution in [0.5, 0.6) is 0 Å². The Morgan fingerprint density at radius 2 is 1.79 bits per heavy atom. The summed E-state index contributed by atoms with van der Waals surface area (Å²) in [7, 11) is 0. The van der Waals surface area contributed by atoms with E-state index in [0.717, 1.165) is 11.1 Å². The standard InChI is InChI=1S/C22H21N3O3/c26-21-13-23-19(17-7-3-1-4-8-17)14-25(21)16-22(27)24-11-12-28-20(15-24)18-9-5-2-6-10-18/h1-10,13-14,20H,11-12,15-16H2. The molecule has 0 saturated carbocycles. The molecule has 3 aromatic rings. The van der Waals surface area contributed by atoms with E-state index >= 15 is 0 Å². The average molecular weight is 375 g/mol. The fraction of sp³-hybridized carbons (Fsp3) is 0.227. The van der Waals surface area contributed by atoms with Crippen LogP contribution in [0, 0.1) is 0 Å². The highest BCUT2D eigenvalue weighted by atomic mass is 16.5. The lowest BCUT2D eigenvalue weighted by Gasteiger charge is -2.33. The zero-order chi connectivity index (χ0) is 19.3. The lowest BCUT2D eigenvalue weighted by molar-refractivity contribution is -0.139. The first kappa shape index (κ1) is 18.1. The first-order chi connectivity index (χ1) is 13.7. The molecule has 1 aromatic heterocycles. The second kappa shape index (κ2) is 8.19. The monoisotopic (exact) mass is 375 g/mol. The molecule has 1 aliphatic heterocycles. The van der Waals surface area contributed by atoms with E-state index in [9.17, 15) is 9.59 Å². The Morgan fingerprint density at radius 3 is 2.54 bits per heavy atom. The molecule has 1 atom stereocenters. The van der Waals surface area contributed by atoms with Gasteiger partial charge in [0.25, 0.3) is 5.56 Å². The maximum atomic E-state index is 12.8. The third kappa shape index (κ3) is 4.02. The molecule has 6 nitrogen and oxygen atoms in total. The van der Waals surface area contributed by atoms with Gasteiger partial charge in [-0.1, -0.05) is 60.7 Å². The SMILES string of the molecule is O=C(Cn1cc(-c2ccccc2)ncc1=O)N1CCOC(c2ccccc2)C1. The number of benzene rings is 2. The van der Waals surface area contributed by atoms with Gasteiger partial charge in [-0.05, 0) is 5.56 Å². The molecule has 0 bridgehead atoms. The number of hydrogen-bond acceptors (Lipinski definition) is 4. The maximum absolute atomic E-state index is 12.8. The van der Waals surface area contributed by atoms with Crippen LogP contribution in [0.3, 0.4) is 0 Å². The van der Waals surface area contributed by atoms with E-state index in [4.69, 9.17) is 4.74 Å². The van der Waals surface area contributed by atoms with Crippen molar-refractivity contribution < 1.29 is 9.53 Å². The van der Waals surface area contributed by atoms with Gasteiger partial charge in [0, 0.05) is 18.3 Å². The number of rotatable bonds is 4. The Hall–Kier alpha value is -3.25. The van der Waals surface area contributed by atoms with E-state index < -0.39 is 0 Å². The quantitative estimate of drug-likeness (QED) is 0.703. The van der Waals surface area contributed by atoms with Gasteiger partial charge in [-0.15, -0.1) is 0 Å². The van der Waals surface area contributed by atoms with Crippen LogP contribution in [0.25, 0.3) is 11.3 Å². The van der Waals surface area contributed by atoms with Gasteiger partial charge >= 0.3 is 0 Å². The minimum atomic E-state index is -0.291. The van der Waals surface area contributed by atoms with Crippen molar-refractivity contribution in [2.45, 2.75) is 12.6 Å². The summed E-state index contributed by atoms with van der Waals surface area (Å²) in [5, 5.41) is 0. The summed E-state index contributed by atoms with van der Waals surface area (Å²) in [4.78, 5) is 31.0. The molecule has 28 heavy (non-hydrogen) atoms. The smallest absolute Gasteiger partial charge is 0.269 e. The zero-order valence-electron chi connectivity index (χ0n) is 15.4. The third-order valence-electron chi connectivity index (χ3n) is 4.84. The molecule has 1 amide bonds. The highest BCUT2D eigenvalue weighted by Crippen LogP contribution is 2.22. The lowest BCUT2D eigenvalue weighted by Crippen LogP contribution is -2.44. The third-order valence-corrected chi connectivity index (χ3v) is 4.84. The minimum Gasteiger partial charge on any atom is -0.370 e. The van der Waals surface area contributed by atoms with Crippen molar-refractivity contribution in [2.24, 2.45) is 0 Å². The molecule has 0 spiro atoms. The number of morpholine rings is 1. The van der Waals surface area contributed by atoms with Crippen molar-refractivity contribution in [1.29, 1.82) is 0 Å². The summed E-state index contributed by atoms with van der Waals surface area (Å²) in [6.45, 7) is 1.47. The van der Waals surface area contributed by atoms with Gasteiger partial charge < -0.3 is 14.2 Å². The number of aromatic nitrogens is 2. The van der Waals surface area contributed by atoms with E-state index in [0.29, 0.717) is 25.4 Å². The molecule has 0 aliphatic carbocycles. The van der Waals surface area contributed by atoms with Crippen LogP contribution in [-0.4, -0.2) is 40.1 Å². The Labute approximate surface area is 163 Å². The molecule has 1 fully saturated rings. The van der Waals surface area contributed by atoms with E-state index in [2.05, 4.69) is 4.98 Å². The fourth-order valence-electron chi connectivity index (χ4n) is 3.32. The Kier molecular flexibility index (Phi) is 5.30. The van der Waals surface area contributed by atoms with Crippen LogP contribution in [0.4, 0.5) is 0 Å². The number of hydrogen-bond donors (Lipinski definition) is 0. The van der Waals surface area contributed by atoms with Gasteiger partial charge in [-0.3, -0.25) is 9.59 Å². The molecule has 6 heteroatoms. The Bertz CT molecular complexity index is 1000. The second-order valence-corrected chi connectivity index (χ2v) is 6.71. The van der Waals surface area contributed by atoms with Gasteiger partial charge in [-0.25, -0.2) is 4.98 Å². The first-order valence-electron chi connectivity index (χ1n) is 9.27. The summed E-state index contributed by atoms with van der Waals surface area (Å²) in [5.41, 5.74) is 2.32. The van der Waals surface area contributed by atoms with E-state index in [-0.39, 0.29) is 24.1 Å². The first-order valence-corrected chi connectivity index (χ1v) is 9.27. The number of carbonyl (C=O) groups excluding carboxylic acids is 1. The summed E-state index contributed by atoms with van der Waals surface area (Å²) in [5.74, 6) is -0.100. The number of amides is 1. The minimum absolute atomic E-state index is 0.0112. The summed E-state index contributed by atoms with van der Waals surface area (Å²) in [6, 6.07) is 19.5. The molecule has 4 rings (SSSR count). The maximum Gasteiger partial charge on any atom is 0.269 e. The van der Waals surface area contributed by atoms with Crippen LogP contribution in [0.1, 0.15) is 11.7 Å². The van der Waals surface area contributed by atoms with Crippen LogP contribution >= 0.6 is 0 Å². The Balaban J connectivity index is 1.50. The van der Waals surface area contributed by atoms with Crippen LogP contribution in [0.2, 0.25) is 0 Å². The van der Waals surface area contributed by atoms with Gasteiger partial charge in [0.1, 0.15) is 12.6 Å². The van der Waals surface area contributed by atoms with Crippen molar-refractivity contribution >= 4 is 5.91 Å². The number of ether oxygens (including phenoxy) is 1. The normalized spacial score (nSPS) is 16.7. The fourth-order valence-corrected chi connectivity index (χ4v) is 3.32. The molecular weight excluding hydrogens is 354 g/mol. The molecule has 2 aromatic carbocycles. The van der Waals surface area contributed by atoms with Crippen LogP contribution in [-0.2, 0) is 16.1 Å². The largest absolute Gasteiger partial charge is 0.370 e. The van der Waals surface area contributed by atoms with Crippen molar-refractivity contribution in [3.05, 3.63) is 89.0 Å². The Morgan fingerprint density at radius 1 is 1.07 bits per heavy atom. The summed E-state index contributed by atoms with van der Waals surface area (Å²) in [6.07, 6.45) is 2.76. The molecule has 1 saturated heterocycles. The van der Waals surface area contributed by atoms with Crippen LogP contribution < -0.4 is 5.56 Å². The molecular formula is C22H21N3O3. The molecule has 2 heterocycles. The predicted molar refractivity (Wildman–Crippen MR) is 106 cm³/mol. The summed E-state index contributed by atoms with van der Waals surface area (Å²) < 4.78 is 7.24. The van der Waals surface area contributed by atoms with Gasteiger partial charge in [0.2, 0.25) is 5.91 Å². The zero-order valence-corrected chi connectivity index (χ0v) is 15.4. The second-order valence-electron chi connectivity index (χ2n) is 6.71. The van der Waals surface area contributed by atoms with Gasteiger partial charge in [-0.2, -0.15) is 0 Å². The van der Waals surface area contributed by atoms with Crippen LogP contribution in [0.15, 0.2) is 77.9 Å². The number of nitrogens with zero attached hydrogens (tertiary/aromatic N) is 3. The molecule has 1 aliphatic rings. The highest BCUT2D eigenvalue weighted by Gasteiger charge is 2.25.